The standard InChI is InChI=1S/C23H27F2NO2/c1-4-15-12-18(23(24)25)21(11-14(15)3)28-13-19-17(16-9-10-16)7-6-8-20(19)26-22(27)5-2/h6-8,11-12,16,23H,4-5,9-10,13H2,1-3H3,(H,26,27). The molecule has 28 heavy (non-hydrogen) atoms. The number of benzene rings is 2. The van der Waals surface area contributed by atoms with E-state index in [2.05, 4.69) is 5.32 Å². The highest BCUT2D eigenvalue weighted by atomic mass is 19.3. The molecule has 3 nitrogen and oxygen atoms in total. The summed E-state index contributed by atoms with van der Waals surface area (Å²) in [5.74, 6) is 0.588. The summed E-state index contributed by atoms with van der Waals surface area (Å²) in [5, 5.41) is 2.92. The van der Waals surface area contributed by atoms with Gasteiger partial charge in [0.1, 0.15) is 12.4 Å². The zero-order chi connectivity index (χ0) is 20.3. The van der Waals surface area contributed by atoms with Crippen LogP contribution in [0.1, 0.15) is 73.3 Å². The van der Waals surface area contributed by atoms with Gasteiger partial charge >= 0.3 is 0 Å². The van der Waals surface area contributed by atoms with Gasteiger partial charge in [-0.25, -0.2) is 8.78 Å². The lowest BCUT2D eigenvalue weighted by Crippen LogP contribution is -2.13. The summed E-state index contributed by atoms with van der Waals surface area (Å²) in [6.45, 7) is 5.80. The number of alkyl halides is 2. The van der Waals surface area contributed by atoms with E-state index in [-0.39, 0.29) is 23.8 Å². The summed E-state index contributed by atoms with van der Waals surface area (Å²) in [4.78, 5) is 11.9. The smallest absolute Gasteiger partial charge is 0.267 e. The molecule has 0 heterocycles. The van der Waals surface area contributed by atoms with Gasteiger partial charge in [0.15, 0.2) is 0 Å². The van der Waals surface area contributed by atoms with Crippen LogP contribution in [0, 0.1) is 6.92 Å². The van der Waals surface area contributed by atoms with Crippen molar-refractivity contribution in [1.82, 2.24) is 0 Å². The van der Waals surface area contributed by atoms with Gasteiger partial charge < -0.3 is 10.1 Å². The first kappa shape index (κ1) is 20.3. The first-order chi connectivity index (χ1) is 13.4. The van der Waals surface area contributed by atoms with Crippen LogP contribution in [0.15, 0.2) is 30.3 Å². The molecule has 1 saturated carbocycles. The third kappa shape index (κ3) is 4.51. The van der Waals surface area contributed by atoms with Crippen molar-refractivity contribution in [2.45, 2.75) is 65.4 Å². The molecular weight excluding hydrogens is 360 g/mol. The van der Waals surface area contributed by atoms with Gasteiger partial charge in [-0.1, -0.05) is 26.0 Å². The highest BCUT2D eigenvalue weighted by molar-refractivity contribution is 5.91. The van der Waals surface area contributed by atoms with E-state index in [4.69, 9.17) is 4.74 Å². The first-order valence-corrected chi connectivity index (χ1v) is 9.90. The molecule has 0 spiro atoms. The quantitative estimate of drug-likeness (QED) is 0.577. The van der Waals surface area contributed by atoms with Crippen LogP contribution in [0.2, 0.25) is 0 Å². The minimum atomic E-state index is -2.60. The number of hydrogen-bond acceptors (Lipinski definition) is 2. The number of amides is 1. The Morgan fingerprint density at radius 2 is 2.00 bits per heavy atom. The van der Waals surface area contributed by atoms with E-state index in [0.717, 1.165) is 35.1 Å². The Hall–Kier alpha value is -2.43. The minimum absolute atomic E-state index is 0.0781. The lowest BCUT2D eigenvalue weighted by atomic mass is 10.0. The molecule has 0 bridgehead atoms. The van der Waals surface area contributed by atoms with E-state index in [1.807, 2.05) is 32.0 Å². The molecule has 2 aromatic carbocycles. The van der Waals surface area contributed by atoms with Gasteiger partial charge in [-0.3, -0.25) is 4.79 Å². The van der Waals surface area contributed by atoms with Crippen LogP contribution in [0.25, 0.3) is 0 Å². The highest BCUT2D eigenvalue weighted by Crippen LogP contribution is 2.44. The molecule has 1 aliphatic carbocycles. The number of anilines is 1. The average molecular weight is 387 g/mol. The average Bonchev–Trinajstić information content (AvgIpc) is 3.51. The number of carbonyl (C=O) groups excluding carboxylic acids is 1. The Bertz CT molecular complexity index is 860. The van der Waals surface area contributed by atoms with Crippen molar-refractivity contribution in [3.63, 3.8) is 0 Å². The van der Waals surface area contributed by atoms with Crippen molar-refractivity contribution in [3.05, 3.63) is 58.1 Å². The van der Waals surface area contributed by atoms with Crippen molar-refractivity contribution >= 4 is 11.6 Å². The Labute approximate surface area is 165 Å². The van der Waals surface area contributed by atoms with Crippen LogP contribution in [0.4, 0.5) is 14.5 Å². The maximum absolute atomic E-state index is 13.6. The summed E-state index contributed by atoms with van der Waals surface area (Å²) >= 11 is 0. The molecule has 3 rings (SSSR count). The maximum Gasteiger partial charge on any atom is 0.267 e. The van der Waals surface area contributed by atoms with Crippen molar-refractivity contribution in [3.8, 4) is 5.75 Å². The maximum atomic E-state index is 13.6. The number of ether oxygens (including phenoxy) is 1. The van der Waals surface area contributed by atoms with Crippen LogP contribution in [0.5, 0.6) is 5.75 Å². The zero-order valence-corrected chi connectivity index (χ0v) is 16.6. The molecular formula is C23H27F2NO2. The second-order valence-corrected chi connectivity index (χ2v) is 7.31. The molecule has 1 amide bonds. The van der Waals surface area contributed by atoms with Crippen LogP contribution in [-0.4, -0.2) is 5.91 Å². The van der Waals surface area contributed by atoms with Crippen molar-refractivity contribution < 1.29 is 18.3 Å². The van der Waals surface area contributed by atoms with Gasteiger partial charge in [-0.05, 0) is 67.0 Å². The van der Waals surface area contributed by atoms with Gasteiger partial charge in [0.2, 0.25) is 5.91 Å². The monoisotopic (exact) mass is 387 g/mol. The Morgan fingerprint density at radius 3 is 2.61 bits per heavy atom. The fourth-order valence-corrected chi connectivity index (χ4v) is 3.47. The van der Waals surface area contributed by atoms with E-state index < -0.39 is 6.43 Å². The molecule has 0 aromatic heterocycles. The summed E-state index contributed by atoms with van der Waals surface area (Å²) in [6.07, 6.45) is 0.680. The normalized spacial score (nSPS) is 13.6. The largest absolute Gasteiger partial charge is 0.488 e. The summed E-state index contributed by atoms with van der Waals surface area (Å²) in [7, 11) is 0. The van der Waals surface area contributed by atoms with Gasteiger partial charge in [0.25, 0.3) is 6.43 Å². The van der Waals surface area contributed by atoms with Crippen molar-refractivity contribution in [2.24, 2.45) is 0 Å². The number of halogens is 2. The fourth-order valence-electron chi connectivity index (χ4n) is 3.47. The molecule has 0 aliphatic heterocycles. The summed E-state index contributed by atoms with van der Waals surface area (Å²) in [6, 6.07) is 9.05. The molecule has 2 aromatic rings. The van der Waals surface area contributed by atoms with Crippen molar-refractivity contribution in [1.29, 1.82) is 0 Å². The number of aryl methyl sites for hydroxylation is 2. The number of rotatable bonds is 8. The topological polar surface area (TPSA) is 38.3 Å². The van der Waals surface area contributed by atoms with Gasteiger partial charge in [0.05, 0.1) is 5.56 Å². The van der Waals surface area contributed by atoms with E-state index in [1.54, 1.807) is 19.1 Å². The molecule has 0 unspecified atom stereocenters. The number of carbonyl (C=O) groups is 1. The lowest BCUT2D eigenvalue weighted by molar-refractivity contribution is -0.115. The molecule has 150 valence electrons. The van der Waals surface area contributed by atoms with E-state index in [0.29, 0.717) is 24.4 Å². The minimum Gasteiger partial charge on any atom is -0.488 e. The molecule has 0 atom stereocenters. The van der Waals surface area contributed by atoms with Crippen LogP contribution >= 0.6 is 0 Å². The molecule has 0 radical (unpaired) electrons. The Morgan fingerprint density at radius 1 is 1.25 bits per heavy atom. The zero-order valence-electron chi connectivity index (χ0n) is 16.6. The van der Waals surface area contributed by atoms with Gasteiger partial charge in [-0.15, -0.1) is 0 Å². The number of hydrogen-bond donors (Lipinski definition) is 1. The molecule has 1 aliphatic rings. The summed E-state index contributed by atoms with van der Waals surface area (Å²) < 4.78 is 33.1. The van der Waals surface area contributed by atoms with Crippen LogP contribution in [-0.2, 0) is 17.8 Å². The SMILES string of the molecule is CCC(=O)Nc1cccc(C2CC2)c1COc1cc(C)c(CC)cc1C(F)F. The molecule has 1 N–H and O–H groups in total. The second-order valence-electron chi connectivity index (χ2n) is 7.31. The van der Waals surface area contributed by atoms with Gasteiger partial charge in [0, 0.05) is 17.7 Å². The number of nitrogens with one attached hydrogen (secondary N) is 1. The second kappa shape index (κ2) is 8.72. The summed E-state index contributed by atoms with van der Waals surface area (Å²) in [5.41, 5.74) is 4.48. The van der Waals surface area contributed by atoms with Crippen LogP contribution < -0.4 is 10.1 Å². The highest BCUT2D eigenvalue weighted by Gasteiger charge is 2.28. The first-order valence-electron chi connectivity index (χ1n) is 9.90. The van der Waals surface area contributed by atoms with E-state index in [9.17, 15) is 13.6 Å². The molecule has 1 fully saturated rings. The predicted molar refractivity (Wildman–Crippen MR) is 107 cm³/mol. The lowest BCUT2D eigenvalue weighted by Gasteiger charge is -2.18. The Kier molecular flexibility index (Phi) is 6.32. The fraction of sp³-hybridized carbons (Fsp3) is 0.435. The third-order valence-electron chi connectivity index (χ3n) is 5.28. The molecule has 0 saturated heterocycles. The Balaban J connectivity index is 1.92. The predicted octanol–water partition coefficient (Wildman–Crippen LogP) is 6.30. The van der Waals surface area contributed by atoms with Crippen LogP contribution in [0.3, 0.4) is 0 Å². The third-order valence-corrected chi connectivity index (χ3v) is 5.28. The molecule has 5 heteroatoms. The van der Waals surface area contributed by atoms with E-state index >= 15 is 0 Å². The van der Waals surface area contributed by atoms with Crippen molar-refractivity contribution in [2.75, 3.05) is 5.32 Å². The van der Waals surface area contributed by atoms with Gasteiger partial charge in [-0.2, -0.15) is 0 Å². The van der Waals surface area contributed by atoms with E-state index in [1.165, 1.54) is 0 Å².